The number of pyridine rings is 1. The fourth-order valence-corrected chi connectivity index (χ4v) is 6.99. The summed E-state index contributed by atoms with van der Waals surface area (Å²) in [7, 11) is 2.09. The van der Waals surface area contributed by atoms with Crippen molar-refractivity contribution < 1.29 is 9.13 Å². The number of aromatic nitrogens is 3. The Morgan fingerprint density at radius 3 is 2.60 bits per heavy atom. The number of rotatable bonds is 5. The highest BCUT2D eigenvalue weighted by molar-refractivity contribution is 6.37. The van der Waals surface area contributed by atoms with Crippen LogP contribution < -0.4 is 20.7 Å². The average molecular weight is 583 g/mol. The monoisotopic (exact) mass is 581 g/mol. The molecule has 2 aromatic carbocycles. The zero-order chi connectivity index (χ0) is 27.5. The summed E-state index contributed by atoms with van der Waals surface area (Å²) in [5, 5.41) is 6.29. The number of nitrogens with one attached hydrogen (secondary N) is 1. The molecule has 3 fully saturated rings. The molecule has 3 N–H and O–H groups in total. The molecule has 7 rings (SSSR count). The predicted octanol–water partition coefficient (Wildman–Crippen LogP) is 5.29. The third kappa shape index (κ3) is 4.49. The highest BCUT2D eigenvalue weighted by Crippen LogP contribution is 2.43. The number of benzene rings is 2. The number of piperazine rings is 1. The molecule has 5 heterocycles. The number of likely N-dealkylation sites (tertiary alicyclic amines) is 1. The van der Waals surface area contributed by atoms with Crippen molar-refractivity contribution >= 4 is 56.5 Å². The van der Waals surface area contributed by atoms with E-state index in [4.69, 9.17) is 38.7 Å². The quantitative estimate of drug-likeness (QED) is 0.328. The van der Waals surface area contributed by atoms with Crippen LogP contribution in [0.3, 0.4) is 0 Å². The molecule has 2 unspecified atom stereocenters. The van der Waals surface area contributed by atoms with Crippen LogP contribution in [0.1, 0.15) is 25.7 Å². The summed E-state index contributed by atoms with van der Waals surface area (Å²) in [6.45, 7) is 3.04. The van der Waals surface area contributed by atoms with Gasteiger partial charge >= 0.3 is 6.01 Å². The van der Waals surface area contributed by atoms with E-state index in [1.807, 2.05) is 0 Å². The molecule has 0 saturated carbocycles. The van der Waals surface area contributed by atoms with Gasteiger partial charge in [-0.2, -0.15) is 9.97 Å². The Morgan fingerprint density at radius 1 is 1.05 bits per heavy atom. The summed E-state index contributed by atoms with van der Waals surface area (Å²) < 4.78 is 22.8. The van der Waals surface area contributed by atoms with E-state index in [1.54, 1.807) is 30.5 Å². The lowest BCUT2D eigenvalue weighted by Crippen LogP contribution is -2.51. The molecule has 3 atom stereocenters. The van der Waals surface area contributed by atoms with Gasteiger partial charge in [0.05, 0.1) is 5.02 Å². The summed E-state index contributed by atoms with van der Waals surface area (Å²) in [4.78, 5) is 18.1. The molecule has 11 heteroatoms. The van der Waals surface area contributed by atoms with E-state index in [0.717, 1.165) is 45.3 Å². The average Bonchev–Trinajstić information content (AvgIpc) is 3.51. The SMILES string of the molecule is CN1CCC[C@H]1COc1nc(N2CC3CCC(C2)N3)c2cc(Cl)c(-c3ccc(Cl)c4cnc(N)cc34)c(F)c2n1. The molecule has 0 radical (unpaired) electrons. The number of likely N-dealkylation sites (N-methyl/N-ethyl adjacent to an activating group) is 1. The van der Waals surface area contributed by atoms with Crippen molar-refractivity contribution in [1.82, 2.24) is 25.2 Å². The first-order valence-corrected chi connectivity index (χ1v) is 14.5. The van der Waals surface area contributed by atoms with Gasteiger partial charge in [-0.05, 0) is 68.4 Å². The van der Waals surface area contributed by atoms with Crippen LogP contribution in [0, 0.1) is 5.82 Å². The molecule has 0 aliphatic carbocycles. The Labute approximate surface area is 241 Å². The van der Waals surface area contributed by atoms with Gasteiger partial charge in [-0.1, -0.05) is 29.3 Å². The molecule has 40 heavy (non-hydrogen) atoms. The molecule has 4 aromatic rings. The van der Waals surface area contributed by atoms with Crippen LogP contribution in [-0.2, 0) is 0 Å². The molecule has 8 nitrogen and oxygen atoms in total. The summed E-state index contributed by atoms with van der Waals surface area (Å²) in [6, 6.07) is 8.13. The van der Waals surface area contributed by atoms with Crippen LogP contribution in [0.25, 0.3) is 32.8 Å². The zero-order valence-corrected chi connectivity index (χ0v) is 23.6. The smallest absolute Gasteiger partial charge is 0.319 e. The zero-order valence-electron chi connectivity index (χ0n) is 22.1. The molecule has 3 saturated heterocycles. The molecule has 2 bridgehead atoms. The molecule has 0 spiro atoms. The van der Waals surface area contributed by atoms with Crippen molar-refractivity contribution in [3.05, 3.63) is 46.3 Å². The third-order valence-corrected chi connectivity index (χ3v) is 9.20. The van der Waals surface area contributed by atoms with Gasteiger partial charge < -0.3 is 25.6 Å². The highest BCUT2D eigenvalue weighted by Gasteiger charge is 2.34. The van der Waals surface area contributed by atoms with Crippen LogP contribution >= 0.6 is 23.2 Å². The lowest BCUT2D eigenvalue weighted by atomic mass is 9.97. The van der Waals surface area contributed by atoms with Crippen LogP contribution in [0.5, 0.6) is 6.01 Å². The predicted molar refractivity (Wildman–Crippen MR) is 158 cm³/mol. The van der Waals surface area contributed by atoms with Gasteiger partial charge in [0.2, 0.25) is 0 Å². The molecule has 2 aromatic heterocycles. The normalized spacial score (nSPS) is 23.0. The first-order chi connectivity index (χ1) is 19.4. The number of fused-ring (bicyclic) bond motifs is 4. The molecule has 208 valence electrons. The number of halogens is 3. The standard InChI is InChI=1S/C29H30Cl2FN7O/c1-38-8-2-3-17(38)14-40-29-36-27-20(28(37-29)39-12-15-4-5-16(13-39)35-15)9-23(31)25(26(27)32)18-6-7-22(30)21-11-34-24(33)10-19(18)21/h6-7,9-11,15-17,35H,2-5,8,12-14H2,1H3,(H2,33,34)/t15?,16?,17-/m0/s1. The van der Waals surface area contributed by atoms with Gasteiger partial charge in [0, 0.05) is 58.8 Å². The minimum Gasteiger partial charge on any atom is -0.462 e. The highest BCUT2D eigenvalue weighted by atomic mass is 35.5. The second-order valence-corrected chi connectivity index (χ2v) is 12.0. The summed E-state index contributed by atoms with van der Waals surface area (Å²) in [6.07, 6.45) is 6.00. The summed E-state index contributed by atoms with van der Waals surface area (Å²) in [5.74, 6) is 0.421. The number of anilines is 2. The first kappa shape index (κ1) is 26.0. The molecular formula is C29H30Cl2FN7O. The number of nitrogens with zero attached hydrogens (tertiary/aromatic N) is 5. The van der Waals surface area contributed by atoms with E-state index in [2.05, 4.69) is 32.1 Å². The minimum atomic E-state index is -0.536. The van der Waals surface area contributed by atoms with E-state index in [0.29, 0.717) is 57.1 Å². The van der Waals surface area contributed by atoms with Crippen LogP contribution in [0.4, 0.5) is 16.0 Å². The van der Waals surface area contributed by atoms with Gasteiger partial charge in [0.15, 0.2) is 5.82 Å². The van der Waals surface area contributed by atoms with Crippen molar-refractivity contribution in [2.24, 2.45) is 0 Å². The van der Waals surface area contributed by atoms with Gasteiger partial charge in [-0.25, -0.2) is 9.37 Å². The fourth-order valence-electron chi connectivity index (χ4n) is 6.48. The van der Waals surface area contributed by atoms with E-state index in [1.165, 1.54) is 0 Å². The van der Waals surface area contributed by atoms with Gasteiger partial charge in [-0.15, -0.1) is 0 Å². The number of nitrogens with two attached hydrogens (primary N) is 1. The van der Waals surface area contributed by atoms with Crippen molar-refractivity contribution in [1.29, 1.82) is 0 Å². The lowest BCUT2D eigenvalue weighted by Gasteiger charge is -2.34. The Hall–Kier alpha value is -2.98. The Morgan fingerprint density at radius 2 is 1.85 bits per heavy atom. The number of hydrogen-bond donors (Lipinski definition) is 2. The molecule has 0 amide bonds. The minimum absolute atomic E-state index is 0.176. The largest absolute Gasteiger partial charge is 0.462 e. The van der Waals surface area contributed by atoms with E-state index in [9.17, 15) is 0 Å². The van der Waals surface area contributed by atoms with Crippen LogP contribution in [-0.4, -0.2) is 71.3 Å². The molecular weight excluding hydrogens is 552 g/mol. The van der Waals surface area contributed by atoms with Crippen LogP contribution in [0.15, 0.2) is 30.5 Å². The van der Waals surface area contributed by atoms with E-state index >= 15 is 4.39 Å². The Kier molecular flexibility index (Phi) is 6.58. The second-order valence-electron chi connectivity index (χ2n) is 11.2. The summed E-state index contributed by atoms with van der Waals surface area (Å²) in [5.41, 5.74) is 6.97. The number of nitrogen functional groups attached to an aromatic ring is 1. The molecule has 3 aliphatic rings. The second kappa shape index (κ2) is 10.1. The van der Waals surface area contributed by atoms with Crippen molar-refractivity contribution in [3.63, 3.8) is 0 Å². The van der Waals surface area contributed by atoms with Crippen molar-refractivity contribution in [2.75, 3.05) is 43.9 Å². The van der Waals surface area contributed by atoms with Gasteiger partial charge in [0.1, 0.15) is 23.8 Å². The maximum Gasteiger partial charge on any atom is 0.319 e. The molecule has 3 aliphatic heterocycles. The van der Waals surface area contributed by atoms with Crippen LogP contribution in [0.2, 0.25) is 10.0 Å². The van der Waals surface area contributed by atoms with Gasteiger partial charge in [-0.3, -0.25) is 0 Å². The summed E-state index contributed by atoms with van der Waals surface area (Å²) >= 11 is 13.3. The van der Waals surface area contributed by atoms with Crippen molar-refractivity contribution in [3.8, 4) is 17.1 Å². The maximum absolute atomic E-state index is 16.7. The lowest BCUT2D eigenvalue weighted by molar-refractivity contribution is 0.188. The number of hydrogen-bond acceptors (Lipinski definition) is 8. The fraction of sp³-hybridized carbons (Fsp3) is 0.414. The topological polar surface area (TPSA) is 92.4 Å². The Bertz CT molecular complexity index is 1620. The first-order valence-electron chi connectivity index (χ1n) is 13.7. The van der Waals surface area contributed by atoms with Gasteiger partial charge in [0.25, 0.3) is 0 Å². The third-order valence-electron chi connectivity index (χ3n) is 8.57. The van der Waals surface area contributed by atoms with Crippen molar-refractivity contribution in [2.45, 2.75) is 43.8 Å². The van der Waals surface area contributed by atoms with E-state index < -0.39 is 5.82 Å². The van der Waals surface area contributed by atoms with E-state index in [-0.39, 0.29) is 28.2 Å². The maximum atomic E-state index is 16.7. The Balaban J connectivity index is 1.39. The number of ether oxygens (including phenoxy) is 1.